The molecular weight excluding hydrogens is 1100 g/mol. The second kappa shape index (κ2) is 20.3. The van der Waals surface area contributed by atoms with E-state index in [1.54, 1.807) is 12.1 Å². The molecule has 0 radical (unpaired) electrons. The monoisotopic (exact) mass is 1140 g/mol. The molecule has 376 valence electrons. The average Bonchev–Trinajstić information content (AvgIpc) is 4.41. The summed E-state index contributed by atoms with van der Waals surface area (Å²) >= 11 is 6.76. The van der Waals surface area contributed by atoms with Gasteiger partial charge in [0.1, 0.15) is 5.82 Å². The third-order valence-corrected chi connectivity index (χ3v) is 16.2. The van der Waals surface area contributed by atoms with Gasteiger partial charge >= 0.3 is 0 Å². The summed E-state index contributed by atoms with van der Waals surface area (Å²) in [4.78, 5) is 3.53. The van der Waals surface area contributed by atoms with E-state index in [1.165, 1.54) is 133 Å². The molecule has 1 N–H and O–H groups in total. The lowest BCUT2D eigenvalue weighted by atomic mass is 10.0. The minimum absolute atomic E-state index is 0.201. The van der Waals surface area contributed by atoms with Crippen molar-refractivity contribution in [1.29, 1.82) is 0 Å². The standard InChI is InChI=1S/C36H23BrN2.C30H20N2.C6H4BrF/c37-26-16-18-28(19-17-26)39-34-13-7-5-11-30(34)32-23-25(15-21-36(32)39)24-14-20-35-31(22-24)29-10-4-6-12-33(29)38(35)27-8-2-1-3-9-27;1-2-8-22(9-3-1)32-29-13-7-5-11-24(29)26-19-21(15-17-30(26)32)20-14-16-28-25(18-20)23-10-4-6-12-27(23)31-28;7-5-1-3-6(8)4-2-5/h1-23H;1-19,31H;1-4H. The normalized spacial score (nSPS) is 11.5. The third-order valence-electron chi connectivity index (χ3n) is 15.1. The number of aromatic nitrogens is 4. The molecule has 0 bridgehead atoms. The largest absolute Gasteiger partial charge is 0.355 e. The van der Waals surface area contributed by atoms with Crippen LogP contribution in [0.15, 0.2) is 288 Å². The minimum Gasteiger partial charge on any atom is -0.355 e. The zero-order valence-corrected chi connectivity index (χ0v) is 45.7. The summed E-state index contributed by atoms with van der Waals surface area (Å²) < 4.78 is 21.1. The number of nitrogens with zero attached hydrogens (tertiary/aromatic N) is 3. The number of hydrogen-bond acceptors (Lipinski definition) is 0. The number of H-pyrrole nitrogens is 1. The van der Waals surface area contributed by atoms with Gasteiger partial charge in [0.2, 0.25) is 0 Å². The van der Waals surface area contributed by atoms with Gasteiger partial charge in [-0.25, -0.2) is 4.39 Å². The molecule has 0 spiro atoms. The Balaban J connectivity index is 0.000000127. The Kier molecular flexibility index (Phi) is 12.3. The van der Waals surface area contributed by atoms with Gasteiger partial charge in [-0.15, -0.1) is 0 Å². The van der Waals surface area contributed by atoms with Crippen molar-refractivity contribution in [2.75, 3.05) is 0 Å². The topological polar surface area (TPSA) is 30.6 Å². The third kappa shape index (κ3) is 8.78. The van der Waals surface area contributed by atoms with E-state index in [1.807, 2.05) is 0 Å². The molecular formula is C72H47Br2FN4. The van der Waals surface area contributed by atoms with Crippen LogP contribution >= 0.6 is 31.9 Å². The number of halogens is 3. The number of aromatic amines is 1. The molecule has 0 aliphatic carbocycles. The maximum atomic E-state index is 12.1. The molecule has 0 atom stereocenters. The highest BCUT2D eigenvalue weighted by molar-refractivity contribution is 9.10. The fraction of sp³-hybridized carbons (Fsp3) is 0. The van der Waals surface area contributed by atoms with E-state index in [0.29, 0.717) is 0 Å². The van der Waals surface area contributed by atoms with Crippen LogP contribution in [0.3, 0.4) is 0 Å². The van der Waals surface area contributed by atoms with Crippen LogP contribution in [-0.4, -0.2) is 18.7 Å². The lowest BCUT2D eigenvalue weighted by molar-refractivity contribution is 0.627. The maximum absolute atomic E-state index is 12.1. The van der Waals surface area contributed by atoms with Crippen LogP contribution in [0.5, 0.6) is 0 Å². The van der Waals surface area contributed by atoms with Gasteiger partial charge in [0.05, 0.1) is 33.1 Å². The molecule has 4 heterocycles. The van der Waals surface area contributed by atoms with Gasteiger partial charge in [0.25, 0.3) is 0 Å². The van der Waals surface area contributed by atoms with Crippen LogP contribution in [0.2, 0.25) is 0 Å². The first kappa shape index (κ1) is 48.1. The van der Waals surface area contributed by atoms with Gasteiger partial charge in [-0.1, -0.05) is 165 Å². The molecule has 0 saturated carbocycles. The molecule has 0 fully saturated rings. The Morgan fingerprint density at radius 2 is 0.570 bits per heavy atom. The Bertz CT molecular complexity index is 4900. The molecule has 79 heavy (non-hydrogen) atoms. The fourth-order valence-corrected chi connectivity index (χ4v) is 12.0. The number of rotatable bonds is 5. The van der Waals surface area contributed by atoms with Crippen molar-refractivity contribution < 1.29 is 4.39 Å². The molecule has 0 unspecified atom stereocenters. The number of fused-ring (bicyclic) bond motifs is 12. The van der Waals surface area contributed by atoms with Gasteiger partial charge in [-0.3, -0.25) is 0 Å². The Morgan fingerprint density at radius 3 is 1.00 bits per heavy atom. The van der Waals surface area contributed by atoms with Crippen molar-refractivity contribution in [3.05, 3.63) is 294 Å². The molecule has 12 aromatic carbocycles. The van der Waals surface area contributed by atoms with E-state index in [4.69, 9.17) is 0 Å². The number of nitrogens with one attached hydrogen (secondary N) is 1. The Labute approximate surface area is 472 Å². The second-order valence-corrected chi connectivity index (χ2v) is 21.6. The van der Waals surface area contributed by atoms with Crippen LogP contribution in [0, 0.1) is 5.82 Å². The zero-order chi connectivity index (χ0) is 53.0. The summed E-state index contributed by atoms with van der Waals surface area (Å²) in [6.45, 7) is 0. The zero-order valence-electron chi connectivity index (χ0n) is 42.5. The van der Waals surface area contributed by atoms with Crippen molar-refractivity contribution in [2.45, 2.75) is 0 Å². The lowest BCUT2D eigenvalue weighted by Gasteiger charge is -2.09. The highest BCUT2D eigenvalue weighted by atomic mass is 79.9. The fourth-order valence-electron chi connectivity index (χ4n) is 11.5. The molecule has 0 amide bonds. The van der Waals surface area contributed by atoms with Gasteiger partial charge in [0.15, 0.2) is 0 Å². The summed E-state index contributed by atoms with van der Waals surface area (Å²) in [7, 11) is 0. The molecule has 4 aromatic heterocycles. The summed E-state index contributed by atoms with van der Waals surface area (Å²) in [5.74, 6) is -0.201. The summed E-state index contributed by atoms with van der Waals surface area (Å²) in [6.07, 6.45) is 0. The number of hydrogen-bond donors (Lipinski definition) is 1. The molecule has 0 aliphatic rings. The van der Waals surface area contributed by atoms with E-state index in [9.17, 15) is 4.39 Å². The van der Waals surface area contributed by atoms with Crippen molar-refractivity contribution in [2.24, 2.45) is 0 Å². The SMILES string of the molecule is Brc1ccc(-n2c3ccccc3c3cc(-c4ccc5c(c4)c4ccccc4n5-c4ccccc4)ccc32)cc1.Fc1ccc(Br)cc1.c1ccc(-n2c3ccccc3c3cc(-c4ccc5[nH]c6ccccc6c5c4)ccc32)cc1. The van der Waals surface area contributed by atoms with Gasteiger partial charge in [0, 0.05) is 80.1 Å². The molecule has 4 nitrogen and oxygen atoms in total. The smallest absolute Gasteiger partial charge is 0.123 e. The van der Waals surface area contributed by atoms with Crippen molar-refractivity contribution >= 4 is 119 Å². The quantitative estimate of drug-likeness (QED) is 0.178. The average molecular weight is 1150 g/mol. The summed E-state index contributed by atoms with van der Waals surface area (Å²) in [5.41, 5.74) is 18.1. The maximum Gasteiger partial charge on any atom is 0.123 e. The van der Waals surface area contributed by atoms with Crippen LogP contribution in [-0.2, 0) is 0 Å². The van der Waals surface area contributed by atoms with E-state index in [2.05, 4.69) is 305 Å². The summed E-state index contributed by atoms with van der Waals surface area (Å²) in [6, 6.07) is 97.8. The highest BCUT2D eigenvalue weighted by Crippen LogP contribution is 2.40. The van der Waals surface area contributed by atoms with Crippen LogP contribution in [0.1, 0.15) is 0 Å². The van der Waals surface area contributed by atoms with E-state index < -0.39 is 0 Å². The predicted molar refractivity (Wildman–Crippen MR) is 338 cm³/mol. The van der Waals surface area contributed by atoms with Crippen LogP contribution in [0.25, 0.3) is 127 Å². The first-order valence-corrected chi connectivity index (χ1v) is 27.9. The molecule has 0 saturated heterocycles. The number of benzene rings is 12. The molecule has 16 rings (SSSR count). The lowest BCUT2D eigenvalue weighted by Crippen LogP contribution is -1.93. The van der Waals surface area contributed by atoms with E-state index >= 15 is 0 Å². The first-order valence-electron chi connectivity index (χ1n) is 26.3. The number of para-hydroxylation sites is 6. The predicted octanol–water partition coefficient (Wildman–Crippen LogP) is 21.0. The van der Waals surface area contributed by atoms with E-state index in [0.717, 1.165) is 14.6 Å². The van der Waals surface area contributed by atoms with Gasteiger partial charge in [-0.2, -0.15) is 0 Å². The van der Waals surface area contributed by atoms with Crippen molar-refractivity contribution in [1.82, 2.24) is 18.7 Å². The Hall–Kier alpha value is -9.27. The van der Waals surface area contributed by atoms with Crippen molar-refractivity contribution in [3.8, 4) is 39.3 Å². The second-order valence-electron chi connectivity index (χ2n) is 19.8. The minimum atomic E-state index is -0.201. The Morgan fingerprint density at radius 1 is 0.253 bits per heavy atom. The van der Waals surface area contributed by atoms with Gasteiger partial charge < -0.3 is 18.7 Å². The molecule has 7 heteroatoms. The molecule has 16 aromatic rings. The van der Waals surface area contributed by atoms with Crippen LogP contribution < -0.4 is 0 Å². The van der Waals surface area contributed by atoms with Crippen LogP contribution in [0.4, 0.5) is 4.39 Å². The first-order chi connectivity index (χ1) is 38.9. The van der Waals surface area contributed by atoms with Gasteiger partial charge in [-0.05, 0) is 168 Å². The molecule has 0 aliphatic heterocycles. The van der Waals surface area contributed by atoms with E-state index in [-0.39, 0.29) is 5.82 Å². The highest BCUT2D eigenvalue weighted by Gasteiger charge is 2.17. The van der Waals surface area contributed by atoms with Crippen molar-refractivity contribution in [3.63, 3.8) is 0 Å². The summed E-state index contributed by atoms with van der Waals surface area (Å²) in [5, 5.41) is 10.2.